The Morgan fingerprint density at radius 3 is 2.75 bits per heavy atom. The first-order chi connectivity index (χ1) is 7.66. The van der Waals surface area contributed by atoms with Crippen LogP contribution in [0.5, 0.6) is 0 Å². The molecule has 6 nitrogen and oxygen atoms in total. The van der Waals surface area contributed by atoms with Crippen molar-refractivity contribution >= 4 is 5.97 Å². The average molecular weight is 218 g/mol. The zero-order valence-corrected chi connectivity index (χ0v) is 8.66. The molecule has 0 bridgehead atoms. The number of aryl methyl sites for hydroxylation is 1. The average Bonchev–Trinajstić information content (AvgIpc) is 2.65. The van der Waals surface area contributed by atoms with Crippen LogP contribution in [-0.2, 0) is 13.5 Å². The molecule has 0 spiro atoms. The molecule has 6 heteroatoms. The quantitative estimate of drug-likeness (QED) is 0.811. The standard InChI is InChI=1S/C10H10N4O2/c1-14-9(12-6-13-14)4-8-3-2-7(5-11-8)10(15)16/h2-3,5-6H,4H2,1H3,(H,15,16). The summed E-state index contributed by atoms with van der Waals surface area (Å²) >= 11 is 0. The Kier molecular flexibility index (Phi) is 2.63. The zero-order valence-electron chi connectivity index (χ0n) is 8.66. The molecular formula is C10H10N4O2. The maximum atomic E-state index is 10.6. The summed E-state index contributed by atoms with van der Waals surface area (Å²) in [5.74, 6) is -0.187. The van der Waals surface area contributed by atoms with E-state index in [-0.39, 0.29) is 5.56 Å². The minimum absolute atomic E-state index is 0.182. The minimum atomic E-state index is -0.974. The molecule has 0 aliphatic carbocycles. The van der Waals surface area contributed by atoms with Crippen molar-refractivity contribution in [2.45, 2.75) is 6.42 Å². The molecular weight excluding hydrogens is 208 g/mol. The SMILES string of the molecule is Cn1ncnc1Cc1ccc(C(=O)O)cn1. The van der Waals surface area contributed by atoms with Gasteiger partial charge in [-0.05, 0) is 12.1 Å². The predicted molar refractivity (Wildman–Crippen MR) is 55.0 cm³/mol. The van der Waals surface area contributed by atoms with Gasteiger partial charge in [-0.25, -0.2) is 9.78 Å². The summed E-state index contributed by atoms with van der Waals surface area (Å²) in [7, 11) is 1.80. The molecule has 2 heterocycles. The second-order valence-corrected chi connectivity index (χ2v) is 3.32. The van der Waals surface area contributed by atoms with Gasteiger partial charge in [-0.15, -0.1) is 0 Å². The molecule has 0 unspecified atom stereocenters. The summed E-state index contributed by atoms with van der Waals surface area (Å²) in [6.07, 6.45) is 3.35. The molecule has 1 N–H and O–H groups in total. The van der Waals surface area contributed by atoms with Gasteiger partial charge in [0.15, 0.2) is 0 Å². The maximum Gasteiger partial charge on any atom is 0.337 e. The largest absolute Gasteiger partial charge is 0.478 e. The highest BCUT2D eigenvalue weighted by Gasteiger charge is 2.06. The molecule has 0 atom stereocenters. The number of pyridine rings is 1. The second kappa shape index (κ2) is 4.09. The lowest BCUT2D eigenvalue weighted by Gasteiger charge is -2.00. The Bertz CT molecular complexity index is 504. The van der Waals surface area contributed by atoms with Crippen molar-refractivity contribution < 1.29 is 9.90 Å². The lowest BCUT2D eigenvalue weighted by atomic mass is 10.2. The number of carboxylic acids is 1. The van der Waals surface area contributed by atoms with Crippen molar-refractivity contribution in [2.75, 3.05) is 0 Å². The molecule has 2 aromatic rings. The predicted octanol–water partition coefficient (Wildman–Crippen LogP) is 0.499. The van der Waals surface area contributed by atoms with E-state index in [1.54, 1.807) is 17.8 Å². The van der Waals surface area contributed by atoms with E-state index in [0.717, 1.165) is 11.5 Å². The van der Waals surface area contributed by atoms with E-state index in [0.29, 0.717) is 6.42 Å². The molecule has 2 rings (SSSR count). The topological polar surface area (TPSA) is 80.9 Å². The van der Waals surface area contributed by atoms with Gasteiger partial charge in [0.2, 0.25) is 0 Å². The van der Waals surface area contributed by atoms with Crippen molar-refractivity contribution in [2.24, 2.45) is 7.05 Å². The number of aromatic carboxylic acids is 1. The first-order valence-corrected chi connectivity index (χ1v) is 4.68. The zero-order chi connectivity index (χ0) is 11.5. The van der Waals surface area contributed by atoms with E-state index in [1.165, 1.54) is 18.6 Å². The van der Waals surface area contributed by atoms with Crippen molar-refractivity contribution in [3.63, 3.8) is 0 Å². The Hall–Kier alpha value is -2.24. The van der Waals surface area contributed by atoms with Crippen molar-refractivity contribution in [1.29, 1.82) is 0 Å². The summed E-state index contributed by atoms with van der Waals surface area (Å²) in [4.78, 5) is 18.7. The van der Waals surface area contributed by atoms with Crippen LogP contribution >= 0.6 is 0 Å². The molecule has 0 fully saturated rings. The number of carbonyl (C=O) groups is 1. The summed E-state index contributed by atoms with van der Waals surface area (Å²) in [5, 5.41) is 12.7. The number of nitrogens with zero attached hydrogens (tertiary/aromatic N) is 4. The third kappa shape index (κ3) is 2.05. The van der Waals surface area contributed by atoms with Crippen LogP contribution in [0.2, 0.25) is 0 Å². The van der Waals surface area contributed by atoms with Crippen LogP contribution in [0.4, 0.5) is 0 Å². The van der Waals surface area contributed by atoms with Gasteiger partial charge in [-0.1, -0.05) is 0 Å². The lowest BCUT2D eigenvalue weighted by molar-refractivity contribution is 0.0696. The Morgan fingerprint density at radius 1 is 1.44 bits per heavy atom. The number of hydrogen-bond acceptors (Lipinski definition) is 4. The van der Waals surface area contributed by atoms with Gasteiger partial charge in [-0.2, -0.15) is 5.10 Å². The highest BCUT2D eigenvalue weighted by molar-refractivity contribution is 5.87. The van der Waals surface area contributed by atoms with E-state index < -0.39 is 5.97 Å². The molecule has 0 saturated heterocycles. The van der Waals surface area contributed by atoms with Crippen LogP contribution < -0.4 is 0 Å². The third-order valence-electron chi connectivity index (χ3n) is 2.22. The Balaban J connectivity index is 2.17. The molecule has 82 valence electrons. The van der Waals surface area contributed by atoms with Gasteiger partial charge in [0.1, 0.15) is 12.2 Å². The lowest BCUT2D eigenvalue weighted by Crippen LogP contribution is -2.03. The van der Waals surface area contributed by atoms with Crippen LogP contribution in [0, 0.1) is 0 Å². The summed E-state index contributed by atoms with van der Waals surface area (Å²) in [5.41, 5.74) is 0.947. The van der Waals surface area contributed by atoms with Gasteiger partial charge in [0, 0.05) is 25.4 Å². The van der Waals surface area contributed by atoms with Crippen molar-refractivity contribution in [3.8, 4) is 0 Å². The maximum absolute atomic E-state index is 10.6. The molecule has 0 amide bonds. The molecule has 0 aliphatic heterocycles. The fourth-order valence-corrected chi connectivity index (χ4v) is 1.30. The summed E-state index contributed by atoms with van der Waals surface area (Å²) in [6.45, 7) is 0. The van der Waals surface area contributed by atoms with Gasteiger partial charge < -0.3 is 5.11 Å². The first kappa shape index (κ1) is 10.3. The first-order valence-electron chi connectivity index (χ1n) is 4.68. The molecule has 0 radical (unpaired) electrons. The van der Waals surface area contributed by atoms with Crippen molar-refractivity contribution in [3.05, 3.63) is 41.7 Å². The van der Waals surface area contributed by atoms with E-state index in [9.17, 15) is 4.79 Å². The van der Waals surface area contributed by atoms with Crippen LogP contribution in [0.15, 0.2) is 24.7 Å². The molecule has 0 aromatic carbocycles. The number of rotatable bonds is 3. The third-order valence-corrected chi connectivity index (χ3v) is 2.22. The molecule has 0 saturated carbocycles. The van der Waals surface area contributed by atoms with E-state index in [4.69, 9.17) is 5.11 Å². The Morgan fingerprint density at radius 2 is 2.25 bits per heavy atom. The van der Waals surface area contributed by atoms with Crippen LogP contribution in [-0.4, -0.2) is 30.8 Å². The summed E-state index contributed by atoms with van der Waals surface area (Å²) < 4.78 is 1.66. The fraction of sp³-hybridized carbons (Fsp3) is 0.200. The van der Waals surface area contributed by atoms with Gasteiger partial charge >= 0.3 is 5.97 Å². The van der Waals surface area contributed by atoms with Crippen molar-refractivity contribution in [1.82, 2.24) is 19.7 Å². The van der Waals surface area contributed by atoms with Gasteiger partial charge in [-0.3, -0.25) is 9.67 Å². The highest BCUT2D eigenvalue weighted by Crippen LogP contribution is 2.05. The van der Waals surface area contributed by atoms with Crippen LogP contribution in [0.25, 0.3) is 0 Å². The second-order valence-electron chi connectivity index (χ2n) is 3.32. The fourth-order valence-electron chi connectivity index (χ4n) is 1.30. The normalized spacial score (nSPS) is 10.3. The highest BCUT2D eigenvalue weighted by atomic mass is 16.4. The number of carboxylic acid groups (broad SMARTS) is 1. The minimum Gasteiger partial charge on any atom is -0.478 e. The van der Waals surface area contributed by atoms with Gasteiger partial charge in [0.25, 0.3) is 0 Å². The van der Waals surface area contributed by atoms with Crippen LogP contribution in [0.3, 0.4) is 0 Å². The molecule has 0 aliphatic rings. The number of aromatic nitrogens is 4. The summed E-state index contributed by atoms with van der Waals surface area (Å²) in [6, 6.07) is 3.21. The number of hydrogen-bond donors (Lipinski definition) is 1. The van der Waals surface area contributed by atoms with Crippen LogP contribution in [0.1, 0.15) is 21.9 Å². The Labute approximate surface area is 91.6 Å². The van der Waals surface area contributed by atoms with Gasteiger partial charge in [0.05, 0.1) is 5.56 Å². The van der Waals surface area contributed by atoms with E-state index in [1.807, 2.05) is 0 Å². The van der Waals surface area contributed by atoms with E-state index >= 15 is 0 Å². The van der Waals surface area contributed by atoms with E-state index in [2.05, 4.69) is 15.1 Å². The smallest absolute Gasteiger partial charge is 0.337 e. The molecule has 2 aromatic heterocycles. The molecule has 16 heavy (non-hydrogen) atoms. The monoisotopic (exact) mass is 218 g/mol.